The van der Waals surface area contributed by atoms with Crippen molar-refractivity contribution in [2.45, 2.75) is 45.3 Å². The standard InChI is InChI=1S/C18H23F3N2O2/c1-4-23(10-16(24)22-11(2)3)17(25)15-9-14(15)12-5-7-13(8-6-12)18(19,20)21/h5-8,11,14-15H,4,9-10H2,1-3H3,(H,22,24). The van der Waals surface area contributed by atoms with Crippen molar-refractivity contribution in [2.24, 2.45) is 5.92 Å². The Morgan fingerprint density at radius 1 is 1.24 bits per heavy atom. The number of hydrogen-bond acceptors (Lipinski definition) is 2. The fraction of sp³-hybridized carbons (Fsp3) is 0.556. The van der Waals surface area contributed by atoms with Crippen molar-refractivity contribution >= 4 is 11.8 Å². The summed E-state index contributed by atoms with van der Waals surface area (Å²) in [6.07, 6.45) is -3.76. The molecular formula is C18H23F3N2O2. The van der Waals surface area contributed by atoms with Crippen molar-refractivity contribution in [1.29, 1.82) is 0 Å². The highest BCUT2D eigenvalue weighted by atomic mass is 19.4. The van der Waals surface area contributed by atoms with E-state index in [9.17, 15) is 22.8 Å². The molecule has 2 rings (SSSR count). The van der Waals surface area contributed by atoms with Crippen LogP contribution in [0.3, 0.4) is 0 Å². The van der Waals surface area contributed by atoms with E-state index in [-0.39, 0.29) is 36.2 Å². The molecule has 0 spiro atoms. The van der Waals surface area contributed by atoms with Gasteiger partial charge >= 0.3 is 6.18 Å². The third kappa shape index (κ3) is 4.96. The number of carbonyl (C=O) groups excluding carboxylic acids is 2. The first kappa shape index (κ1) is 19.3. The smallest absolute Gasteiger partial charge is 0.352 e. The fourth-order valence-corrected chi connectivity index (χ4v) is 2.88. The molecule has 0 radical (unpaired) electrons. The lowest BCUT2D eigenvalue weighted by atomic mass is 10.1. The van der Waals surface area contributed by atoms with E-state index in [4.69, 9.17) is 0 Å². The number of likely N-dealkylation sites (N-methyl/N-ethyl adjacent to an activating group) is 1. The Hall–Kier alpha value is -2.05. The van der Waals surface area contributed by atoms with E-state index in [1.165, 1.54) is 17.0 Å². The van der Waals surface area contributed by atoms with Crippen LogP contribution in [0.25, 0.3) is 0 Å². The molecule has 0 heterocycles. The van der Waals surface area contributed by atoms with Crippen LogP contribution in [0.4, 0.5) is 13.2 Å². The normalized spacial score (nSPS) is 19.6. The molecule has 1 aliphatic carbocycles. The maximum Gasteiger partial charge on any atom is 0.416 e. The SMILES string of the molecule is CCN(CC(=O)NC(C)C)C(=O)C1CC1c1ccc(C(F)(F)F)cc1. The molecule has 1 aromatic carbocycles. The molecule has 1 saturated carbocycles. The topological polar surface area (TPSA) is 49.4 Å². The summed E-state index contributed by atoms with van der Waals surface area (Å²) in [5.74, 6) is -0.663. The van der Waals surface area contributed by atoms with Gasteiger partial charge in [-0.3, -0.25) is 9.59 Å². The lowest BCUT2D eigenvalue weighted by Crippen LogP contribution is -2.43. The van der Waals surface area contributed by atoms with Gasteiger partial charge in [-0.05, 0) is 50.8 Å². The fourth-order valence-electron chi connectivity index (χ4n) is 2.88. The zero-order valence-electron chi connectivity index (χ0n) is 14.6. The zero-order valence-corrected chi connectivity index (χ0v) is 14.6. The number of alkyl halides is 3. The number of hydrogen-bond donors (Lipinski definition) is 1. The Morgan fingerprint density at radius 2 is 1.84 bits per heavy atom. The molecule has 138 valence electrons. The van der Waals surface area contributed by atoms with Crippen LogP contribution in [0.15, 0.2) is 24.3 Å². The average molecular weight is 356 g/mol. The number of nitrogens with zero attached hydrogens (tertiary/aromatic N) is 1. The zero-order chi connectivity index (χ0) is 18.8. The van der Waals surface area contributed by atoms with Crippen LogP contribution >= 0.6 is 0 Å². The van der Waals surface area contributed by atoms with Gasteiger partial charge in [0.25, 0.3) is 0 Å². The van der Waals surface area contributed by atoms with Crippen molar-refractivity contribution < 1.29 is 22.8 Å². The molecule has 25 heavy (non-hydrogen) atoms. The lowest BCUT2D eigenvalue weighted by molar-refractivity contribution is -0.137. The van der Waals surface area contributed by atoms with Gasteiger partial charge in [0, 0.05) is 18.5 Å². The lowest BCUT2D eigenvalue weighted by Gasteiger charge is -2.21. The van der Waals surface area contributed by atoms with Crippen molar-refractivity contribution in [3.63, 3.8) is 0 Å². The summed E-state index contributed by atoms with van der Waals surface area (Å²) in [4.78, 5) is 25.9. The highest BCUT2D eigenvalue weighted by Crippen LogP contribution is 2.48. The van der Waals surface area contributed by atoms with Gasteiger partial charge < -0.3 is 10.2 Å². The summed E-state index contributed by atoms with van der Waals surface area (Å²) < 4.78 is 37.8. The average Bonchev–Trinajstić information content (AvgIpc) is 3.31. The van der Waals surface area contributed by atoms with E-state index in [0.717, 1.165) is 17.7 Å². The van der Waals surface area contributed by atoms with E-state index in [2.05, 4.69) is 5.32 Å². The Balaban J connectivity index is 1.97. The third-order valence-corrected chi connectivity index (χ3v) is 4.25. The molecule has 0 aliphatic heterocycles. The third-order valence-electron chi connectivity index (χ3n) is 4.25. The van der Waals surface area contributed by atoms with E-state index < -0.39 is 11.7 Å². The highest BCUT2D eigenvalue weighted by molar-refractivity contribution is 5.88. The number of rotatable bonds is 6. The molecular weight excluding hydrogens is 333 g/mol. The Kier molecular flexibility index (Phi) is 5.75. The van der Waals surface area contributed by atoms with E-state index in [0.29, 0.717) is 13.0 Å². The van der Waals surface area contributed by atoms with Crippen LogP contribution in [0, 0.1) is 5.92 Å². The predicted molar refractivity (Wildman–Crippen MR) is 87.8 cm³/mol. The molecule has 4 nitrogen and oxygen atoms in total. The predicted octanol–water partition coefficient (Wildman–Crippen LogP) is 3.18. The van der Waals surface area contributed by atoms with Crippen LogP contribution in [0.1, 0.15) is 44.2 Å². The molecule has 1 aromatic rings. The number of nitrogens with one attached hydrogen (secondary N) is 1. The molecule has 2 atom stereocenters. The van der Waals surface area contributed by atoms with Gasteiger partial charge in [-0.1, -0.05) is 12.1 Å². The van der Waals surface area contributed by atoms with Crippen LogP contribution in [-0.2, 0) is 15.8 Å². The second-order valence-corrected chi connectivity index (χ2v) is 6.64. The first-order valence-corrected chi connectivity index (χ1v) is 8.38. The minimum atomic E-state index is -4.36. The minimum absolute atomic E-state index is 0.00197. The molecule has 0 aromatic heterocycles. The van der Waals surface area contributed by atoms with Crippen molar-refractivity contribution in [3.05, 3.63) is 35.4 Å². The number of benzene rings is 1. The van der Waals surface area contributed by atoms with Crippen molar-refractivity contribution in [3.8, 4) is 0 Å². The molecule has 1 N–H and O–H groups in total. The van der Waals surface area contributed by atoms with Crippen LogP contribution in [-0.4, -0.2) is 35.8 Å². The summed E-state index contributed by atoms with van der Waals surface area (Å²) in [7, 11) is 0. The second kappa shape index (κ2) is 7.45. The molecule has 0 saturated heterocycles. The van der Waals surface area contributed by atoms with Crippen molar-refractivity contribution in [2.75, 3.05) is 13.1 Å². The summed E-state index contributed by atoms with van der Waals surface area (Å²) in [5, 5.41) is 2.75. The van der Waals surface area contributed by atoms with Gasteiger partial charge in [0.2, 0.25) is 11.8 Å². The summed E-state index contributed by atoms with van der Waals surface area (Å²) in [6, 6.07) is 4.96. The molecule has 1 fully saturated rings. The first-order valence-electron chi connectivity index (χ1n) is 8.38. The number of carbonyl (C=O) groups is 2. The summed E-state index contributed by atoms with van der Waals surface area (Å²) >= 11 is 0. The van der Waals surface area contributed by atoms with E-state index >= 15 is 0 Å². The maximum atomic E-state index is 12.6. The highest BCUT2D eigenvalue weighted by Gasteiger charge is 2.46. The summed E-state index contributed by atoms with van der Waals surface area (Å²) in [6.45, 7) is 5.91. The number of halogens is 3. The van der Waals surface area contributed by atoms with Gasteiger partial charge in [0.15, 0.2) is 0 Å². The second-order valence-electron chi connectivity index (χ2n) is 6.64. The summed E-state index contributed by atoms with van der Waals surface area (Å²) in [5.41, 5.74) is 0.0364. The molecule has 0 bridgehead atoms. The van der Waals surface area contributed by atoms with Gasteiger partial charge in [0.05, 0.1) is 12.1 Å². The molecule has 1 aliphatic rings. The minimum Gasteiger partial charge on any atom is -0.352 e. The molecule has 2 unspecified atom stereocenters. The van der Waals surface area contributed by atoms with Gasteiger partial charge in [-0.2, -0.15) is 13.2 Å². The number of amides is 2. The van der Waals surface area contributed by atoms with Crippen molar-refractivity contribution in [1.82, 2.24) is 10.2 Å². The Labute approximate surface area is 145 Å². The first-order chi connectivity index (χ1) is 11.6. The van der Waals surface area contributed by atoms with E-state index in [1.54, 1.807) is 6.92 Å². The largest absolute Gasteiger partial charge is 0.416 e. The quantitative estimate of drug-likeness (QED) is 0.851. The monoisotopic (exact) mass is 356 g/mol. The maximum absolute atomic E-state index is 12.6. The van der Waals surface area contributed by atoms with Crippen LogP contribution in [0.5, 0.6) is 0 Å². The molecule has 7 heteroatoms. The van der Waals surface area contributed by atoms with Gasteiger partial charge in [-0.15, -0.1) is 0 Å². The van der Waals surface area contributed by atoms with Gasteiger partial charge in [0.1, 0.15) is 0 Å². The Morgan fingerprint density at radius 3 is 2.32 bits per heavy atom. The van der Waals surface area contributed by atoms with Gasteiger partial charge in [-0.25, -0.2) is 0 Å². The van der Waals surface area contributed by atoms with E-state index in [1.807, 2.05) is 13.8 Å². The van der Waals surface area contributed by atoms with Crippen LogP contribution in [0.2, 0.25) is 0 Å². The molecule has 2 amide bonds. The Bertz CT molecular complexity index is 626. The van der Waals surface area contributed by atoms with Crippen LogP contribution < -0.4 is 5.32 Å².